The first-order valence-corrected chi connectivity index (χ1v) is 6.40. The molecule has 2 aliphatic rings. The molecule has 2 aliphatic heterocycles. The van der Waals surface area contributed by atoms with Gasteiger partial charge in [-0.2, -0.15) is 0 Å². The third-order valence-electron chi connectivity index (χ3n) is 4.27. The zero-order valence-corrected chi connectivity index (χ0v) is 9.90. The molecule has 2 fully saturated rings. The van der Waals surface area contributed by atoms with E-state index in [0.717, 1.165) is 24.9 Å². The molecule has 2 nitrogen and oxygen atoms in total. The standard InChI is InChI=1S/C14H18FNO/c15-12-5-3-11(4-6-12)14(17)7-9-16-8-1-2-13(16)10-14/h3-6,13,17H,1-2,7-10H2. The highest BCUT2D eigenvalue weighted by Crippen LogP contribution is 2.39. The molecular weight excluding hydrogens is 217 g/mol. The van der Waals surface area contributed by atoms with Crippen molar-refractivity contribution in [2.24, 2.45) is 0 Å². The van der Waals surface area contributed by atoms with Gasteiger partial charge in [0.2, 0.25) is 0 Å². The van der Waals surface area contributed by atoms with Crippen LogP contribution in [-0.4, -0.2) is 29.1 Å². The van der Waals surface area contributed by atoms with Crippen LogP contribution in [-0.2, 0) is 5.60 Å². The summed E-state index contributed by atoms with van der Waals surface area (Å²) in [6.07, 6.45) is 3.97. The van der Waals surface area contributed by atoms with Crippen molar-refractivity contribution in [2.75, 3.05) is 13.1 Å². The monoisotopic (exact) mass is 235 g/mol. The number of piperidine rings is 1. The molecule has 2 unspecified atom stereocenters. The van der Waals surface area contributed by atoms with Crippen molar-refractivity contribution in [3.05, 3.63) is 35.6 Å². The highest BCUT2D eigenvalue weighted by atomic mass is 19.1. The number of hydrogen-bond donors (Lipinski definition) is 1. The molecular formula is C14H18FNO. The number of fused-ring (bicyclic) bond motifs is 1. The Kier molecular flexibility index (Phi) is 2.68. The van der Waals surface area contributed by atoms with Crippen molar-refractivity contribution in [3.63, 3.8) is 0 Å². The second-order valence-electron chi connectivity index (χ2n) is 5.32. The largest absolute Gasteiger partial charge is 0.385 e. The average Bonchev–Trinajstić information content (AvgIpc) is 2.76. The first-order valence-electron chi connectivity index (χ1n) is 6.40. The highest BCUT2D eigenvalue weighted by molar-refractivity contribution is 5.24. The van der Waals surface area contributed by atoms with Crippen LogP contribution in [0.4, 0.5) is 4.39 Å². The van der Waals surface area contributed by atoms with Crippen LogP contribution in [0.25, 0.3) is 0 Å². The van der Waals surface area contributed by atoms with Crippen molar-refractivity contribution in [3.8, 4) is 0 Å². The molecule has 17 heavy (non-hydrogen) atoms. The molecule has 0 amide bonds. The maximum Gasteiger partial charge on any atom is 0.123 e. The molecule has 92 valence electrons. The highest BCUT2D eigenvalue weighted by Gasteiger charge is 2.41. The Morgan fingerprint density at radius 2 is 2.00 bits per heavy atom. The van der Waals surface area contributed by atoms with Crippen LogP contribution in [0.15, 0.2) is 24.3 Å². The van der Waals surface area contributed by atoms with E-state index in [9.17, 15) is 9.50 Å². The lowest BCUT2D eigenvalue weighted by molar-refractivity contribution is -0.0409. The van der Waals surface area contributed by atoms with Crippen molar-refractivity contribution in [1.82, 2.24) is 4.90 Å². The van der Waals surface area contributed by atoms with E-state index in [1.807, 2.05) is 0 Å². The summed E-state index contributed by atoms with van der Waals surface area (Å²) in [7, 11) is 0. The molecule has 0 aromatic heterocycles. The van der Waals surface area contributed by atoms with Gasteiger partial charge in [-0.25, -0.2) is 4.39 Å². The molecule has 0 bridgehead atoms. The third kappa shape index (κ3) is 1.98. The lowest BCUT2D eigenvalue weighted by Crippen LogP contribution is -2.45. The zero-order valence-electron chi connectivity index (χ0n) is 9.90. The van der Waals surface area contributed by atoms with Crippen LogP contribution in [0.3, 0.4) is 0 Å². The Bertz CT molecular complexity index is 405. The zero-order chi connectivity index (χ0) is 11.9. The molecule has 0 saturated carbocycles. The van der Waals surface area contributed by atoms with Crippen LogP contribution in [0.5, 0.6) is 0 Å². The number of rotatable bonds is 1. The molecule has 3 rings (SSSR count). The maximum atomic E-state index is 12.9. The lowest BCUT2D eigenvalue weighted by Gasteiger charge is -2.41. The predicted octanol–water partition coefficient (Wildman–Crippen LogP) is 2.27. The summed E-state index contributed by atoms with van der Waals surface area (Å²) in [4.78, 5) is 2.47. The van der Waals surface area contributed by atoms with Crippen molar-refractivity contribution in [2.45, 2.75) is 37.3 Å². The van der Waals surface area contributed by atoms with Crippen LogP contribution >= 0.6 is 0 Å². The molecule has 2 saturated heterocycles. The van der Waals surface area contributed by atoms with Gasteiger partial charge >= 0.3 is 0 Å². The number of hydrogen-bond acceptors (Lipinski definition) is 2. The molecule has 3 heteroatoms. The Morgan fingerprint density at radius 1 is 1.24 bits per heavy atom. The normalized spacial score (nSPS) is 33.6. The van der Waals surface area contributed by atoms with Gasteiger partial charge < -0.3 is 10.0 Å². The summed E-state index contributed by atoms with van der Waals surface area (Å²) in [6, 6.07) is 6.83. The van der Waals surface area contributed by atoms with E-state index in [2.05, 4.69) is 4.90 Å². The van der Waals surface area contributed by atoms with Crippen molar-refractivity contribution < 1.29 is 9.50 Å². The molecule has 1 aromatic rings. The van der Waals surface area contributed by atoms with Crippen LogP contribution < -0.4 is 0 Å². The van der Waals surface area contributed by atoms with Gasteiger partial charge in [-0.15, -0.1) is 0 Å². The van der Waals surface area contributed by atoms with Gasteiger partial charge in [0, 0.05) is 12.6 Å². The number of aliphatic hydroxyl groups is 1. The van der Waals surface area contributed by atoms with E-state index in [-0.39, 0.29) is 5.82 Å². The fourth-order valence-corrected chi connectivity index (χ4v) is 3.26. The second-order valence-corrected chi connectivity index (χ2v) is 5.32. The van der Waals surface area contributed by atoms with Gasteiger partial charge in [0.05, 0.1) is 5.60 Å². The smallest absolute Gasteiger partial charge is 0.123 e. The van der Waals surface area contributed by atoms with E-state index >= 15 is 0 Å². The second kappa shape index (κ2) is 4.07. The topological polar surface area (TPSA) is 23.5 Å². The minimum Gasteiger partial charge on any atom is -0.385 e. The average molecular weight is 235 g/mol. The quantitative estimate of drug-likeness (QED) is 0.807. The molecule has 1 aromatic carbocycles. The van der Waals surface area contributed by atoms with Crippen LogP contribution in [0, 0.1) is 5.82 Å². The number of nitrogens with zero attached hydrogens (tertiary/aromatic N) is 1. The fraction of sp³-hybridized carbons (Fsp3) is 0.571. The summed E-state index contributed by atoms with van der Waals surface area (Å²) in [6.45, 7) is 2.13. The van der Waals surface area contributed by atoms with Gasteiger partial charge in [-0.3, -0.25) is 0 Å². The Hall–Kier alpha value is -0.930. The molecule has 0 radical (unpaired) electrons. The molecule has 2 heterocycles. The number of halogens is 1. The van der Waals surface area contributed by atoms with Crippen molar-refractivity contribution >= 4 is 0 Å². The Balaban J connectivity index is 1.83. The van der Waals surface area contributed by atoms with Gasteiger partial charge in [0.1, 0.15) is 5.82 Å². The van der Waals surface area contributed by atoms with E-state index in [0.29, 0.717) is 6.04 Å². The summed E-state index contributed by atoms with van der Waals surface area (Å²) in [5, 5.41) is 10.7. The van der Waals surface area contributed by atoms with Crippen LogP contribution in [0.2, 0.25) is 0 Å². The minimum absolute atomic E-state index is 0.240. The Labute approximate surface area is 101 Å². The molecule has 1 N–H and O–H groups in total. The summed E-state index contributed by atoms with van der Waals surface area (Å²) >= 11 is 0. The summed E-state index contributed by atoms with van der Waals surface area (Å²) < 4.78 is 12.9. The van der Waals surface area contributed by atoms with E-state index in [1.165, 1.54) is 31.5 Å². The third-order valence-corrected chi connectivity index (χ3v) is 4.27. The molecule has 2 atom stereocenters. The van der Waals surface area contributed by atoms with E-state index in [4.69, 9.17) is 0 Å². The van der Waals surface area contributed by atoms with Gasteiger partial charge in [0.15, 0.2) is 0 Å². The Morgan fingerprint density at radius 3 is 2.76 bits per heavy atom. The molecule has 0 spiro atoms. The van der Waals surface area contributed by atoms with E-state index < -0.39 is 5.60 Å². The van der Waals surface area contributed by atoms with Gasteiger partial charge in [0.25, 0.3) is 0 Å². The SMILES string of the molecule is OC1(c2ccc(F)cc2)CCN2CCCC2C1. The van der Waals surface area contributed by atoms with Crippen LogP contribution in [0.1, 0.15) is 31.2 Å². The predicted molar refractivity (Wildman–Crippen MR) is 64.1 cm³/mol. The van der Waals surface area contributed by atoms with Gasteiger partial charge in [-0.1, -0.05) is 12.1 Å². The lowest BCUT2D eigenvalue weighted by atomic mass is 9.81. The van der Waals surface area contributed by atoms with E-state index in [1.54, 1.807) is 12.1 Å². The minimum atomic E-state index is -0.751. The first-order chi connectivity index (χ1) is 8.17. The van der Waals surface area contributed by atoms with Gasteiger partial charge in [-0.05, 0) is 49.9 Å². The maximum absolute atomic E-state index is 12.9. The summed E-state index contributed by atoms with van der Waals surface area (Å²) in [5.74, 6) is -0.240. The van der Waals surface area contributed by atoms with Crippen molar-refractivity contribution in [1.29, 1.82) is 0 Å². The summed E-state index contributed by atoms with van der Waals surface area (Å²) in [5.41, 5.74) is 0.115. The number of benzene rings is 1. The first kappa shape index (κ1) is 11.2. The molecule has 0 aliphatic carbocycles. The fourth-order valence-electron chi connectivity index (χ4n) is 3.26.